The SMILES string of the molecule is CCc1ccc(C(=O)CS(=O)(=O)c2cccs2)s1. The minimum absolute atomic E-state index is 0.253. The molecule has 0 aromatic carbocycles. The van der Waals surface area contributed by atoms with E-state index in [0.717, 1.165) is 22.6 Å². The van der Waals surface area contributed by atoms with Gasteiger partial charge in [0.1, 0.15) is 9.96 Å². The van der Waals surface area contributed by atoms with Crippen molar-refractivity contribution in [3.05, 3.63) is 39.4 Å². The Morgan fingerprint density at radius 1 is 1.28 bits per heavy atom. The zero-order chi connectivity index (χ0) is 13.2. The minimum Gasteiger partial charge on any atom is -0.292 e. The summed E-state index contributed by atoms with van der Waals surface area (Å²) >= 11 is 2.51. The van der Waals surface area contributed by atoms with Gasteiger partial charge in [-0.3, -0.25) is 4.79 Å². The monoisotopic (exact) mass is 300 g/mol. The molecule has 0 N–H and O–H groups in total. The van der Waals surface area contributed by atoms with Gasteiger partial charge in [0, 0.05) is 4.88 Å². The summed E-state index contributed by atoms with van der Waals surface area (Å²) in [5.41, 5.74) is 0. The molecular formula is C12H12O3S3. The molecule has 0 radical (unpaired) electrons. The molecule has 0 saturated heterocycles. The summed E-state index contributed by atoms with van der Waals surface area (Å²) in [7, 11) is -3.49. The fourth-order valence-electron chi connectivity index (χ4n) is 1.47. The maximum atomic E-state index is 11.9. The molecule has 18 heavy (non-hydrogen) atoms. The summed E-state index contributed by atoms with van der Waals surface area (Å²) in [5.74, 6) is -0.773. The van der Waals surface area contributed by atoms with Gasteiger partial charge in [-0.25, -0.2) is 8.42 Å². The third-order valence-corrected chi connectivity index (χ3v) is 6.78. The molecule has 0 atom stereocenters. The number of rotatable bonds is 5. The van der Waals surface area contributed by atoms with Crippen molar-refractivity contribution in [1.29, 1.82) is 0 Å². The van der Waals surface area contributed by atoms with E-state index >= 15 is 0 Å². The lowest BCUT2D eigenvalue weighted by atomic mass is 10.3. The van der Waals surface area contributed by atoms with Gasteiger partial charge in [-0.15, -0.1) is 22.7 Å². The number of aryl methyl sites for hydroxylation is 1. The second-order valence-electron chi connectivity index (χ2n) is 3.73. The van der Waals surface area contributed by atoms with E-state index < -0.39 is 15.6 Å². The van der Waals surface area contributed by atoms with Gasteiger partial charge in [-0.2, -0.15) is 0 Å². The number of sulfone groups is 1. The largest absolute Gasteiger partial charge is 0.292 e. The van der Waals surface area contributed by atoms with Crippen LogP contribution in [0.5, 0.6) is 0 Å². The number of ketones is 1. The number of hydrogen-bond acceptors (Lipinski definition) is 5. The second-order valence-corrected chi connectivity index (χ2v) is 8.07. The van der Waals surface area contributed by atoms with Crippen molar-refractivity contribution in [1.82, 2.24) is 0 Å². The van der Waals surface area contributed by atoms with Crippen LogP contribution in [0.4, 0.5) is 0 Å². The van der Waals surface area contributed by atoms with Crippen LogP contribution < -0.4 is 0 Å². The number of carbonyl (C=O) groups excluding carboxylic acids is 1. The standard InChI is InChI=1S/C12H12O3S3/c1-2-9-5-6-11(17-9)10(13)8-18(14,15)12-4-3-7-16-12/h3-7H,2,8H2,1H3. The van der Waals surface area contributed by atoms with Gasteiger partial charge >= 0.3 is 0 Å². The Kier molecular flexibility index (Phi) is 3.99. The molecule has 0 spiro atoms. The summed E-state index contributed by atoms with van der Waals surface area (Å²) in [6, 6.07) is 6.77. The van der Waals surface area contributed by atoms with E-state index in [4.69, 9.17) is 0 Å². The molecule has 0 aliphatic heterocycles. The van der Waals surface area contributed by atoms with Crippen LogP contribution in [0, 0.1) is 0 Å². The normalized spacial score (nSPS) is 11.6. The van der Waals surface area contributed by atoms with Crippen molar-refractivity contribution in [3.8, 4) is 0 Å². The molecule has 2 aromatic heterocycles. The molecule has 2 aromatic rings. The second kappa shape index (κ2) is 5.34. The lowest BCUT2D eigenvalue weighted by molar-refractivity contribution is 0.102. The van der Waals surface area contributed by atoms with Crippen molar-refractivity contribution in [2.45, 2.75) is 17.6 Å². The summed E-state index contributed by atoms with van der Waals surface area (Å²) < 4.78 is 24.1. The number of thiophene rings is 2. The average molecular weight is 300 g/mol. The van der Waals surface area contributed by atoms with Crippen molar-refractivity contribution < 1.29 is 13.2 Å². The van der Waals surface area contributed by atoms with Gasteiger partial charge in [-0.05, 0) is 30.0 Å². The third-order valence-electron chi connectivity index (χ3n) is 2.41. The Morgan fingerprint density at radius 3 is 2.61 bits per heavy atom. The Hall–Kier alpha value is -0.980. The highest BCUT2D eigenvalue weighted by Crippen LogP contribution is 2.21. The molecule has 96 valence electrons. The molecule has 0 aliphatic carbocycles. The van der Waals surface area contributed by atoms with Crippen LogP contribution in [0.25, 0.3) is 0 Å². The van der Waals surface area contributed by atoms with Crippen molar-refractivity contribution in [2.24, 2.45) is 0 Å². The Labute approximate surface area is 114 Å². The molecule has 0 unspecified atom stereocenters. The lowest BCUT2D eigenvalue weighted by Crippen LogP contribution is -2.14. The predicted octanol–water partition coefficient (Wildman–Crippen LogP) is 3.03. The summed E-state index contributed by atoms with van der Waals surface area (Å²) in [6.45, 7) is 2.00. The Bertz CT molecular complexity index is 636. The molecule has 2 rings (SSSR count). The molecule has 3 nitrogen and oxygen atoms in total. The molecule has 0 amide bonds. The first-order valence-corrected chi connectivity index (χ1v) is 8.76. The zero-order valence-electron chi connectivity index (χ0n) is 9.75. The van der Waals surface area contributed by atoms with E-state index in [1.165, 1.54) is 17.4 Å². The van der Waals surface area contributed by atoms with Crippen molar-refractivity contribution >= 4 is 38.3 Å². The molecule has 6 heteroatoms. The fourth-order valence-corrected chi connectivity index (χ4v) is 4.76. The number of carbonyl (C=O) groups is 1. The summed E-state index contributed by atoms with van der Waals surface area (Å²) in [6.07, 6.45) is 0.857. The topological polar surface area (TPSA) is 51.2 Å². The molecule has 2 heterocycles. The molecular weight excluding hydrogens is 288 g/mol. The van der Waals surface area contributed by atoms with Gasteiger partial charge in [0.15, 0.2) is 15.6 Å². The average Bonchev–Trinajstić information content (AvgIpc) is 3.00. The zero-order valence-corrected chi connectivity index (χ0v) is 12.2. The van der Waals surface area contributed by atoms with E-state index in [-0.39, 0.29) is 9.99 Å². The maximum Gasteiger partial charge on any atom is 0.195 e. The smallest absolute Gasteiger partial charge is 0.195 e. The van der Waals surface area contributed by atoms with Crippen LogP contribution in [0.15, 0.2) is 33.9 Å². The van der Waals surface area contributed by atoms with E-state index in [0.29, 0.717) is 4.88 Å². The van der Waals surface area contributed by atoms with E-state index in [1.54, 1.807) is 17.5 Å². The molecule has 0 aliphatic rings. The third kappa shape index (κ3) is 2.88. The highest BCUT2D eigenvalue weighted by atomic mass is 32.2. The highest BCUT2D eigenvalue weighted by molar-refractivity contribution is 7.94. The molecule has 0 fully saturated rings. The quantitative estimate of drug-likeness (QED) is 0.798. The van der Waals surface area contributed by atoms with Crippen LogP contribution in [0.1, 0.15) is 21.5 Å². The maximum absolute atomic E-state index is 11.9. The number of Topliss-reactive ketones (excluding diaryl/α,β-unsaturated/α-hetero) is 1. The van der Waals surface area contributed by atoms with Crippen molar-refractivity contribution in [2.75, 3.05) is 5.75 Å². The summed E-state index contributed by atoms with van der Waals surface area (Å²) in [5, 5.41) is 1.69. The van der Waals surface area contributed by atoms with Gasteiger partial charge in [0.05, 0.1) is 4.88 Å². The molecule has 0 saturated carbocycles. The van der Waals surface area contributed by atoms with Gasteiger partial charge in [-0.1, -0.05) is 13.0 Å². The first-order chi connectivity index (χ1) is 8.53. The van der Waals surface area contributed by atoms with Crippen LogP contribution in [-0.2, 0) is 16.3 Å². The van der Waals surface area contributed by atoms with Crippen molar-refractivity contribution in [3.63, 3.8) is 0 Å². The first-order valence-electron chi connectivity index (χ1n) is 5.41. The predicted molar refractivity (Wildman–Crippen MR) is 74.4 cm³/mol. The summed E-state index contributed by atoms with van der Waals surface area (Å²) in [4.78, 5) is 13.5. The van der Waals surface area contributed by atoms with Gasteiger partial charge in [0.2, 0.25) is 0 Å². The fraction of sp³-hybridized carbons (Fsp3) is 0.250. The Morgan fingerprint density at radius 2 is 2.06 bits per heavy atom. The van der Waals surface area contributed by atoms with Crippen LogP contribution in [0.3, 0.4) is 0 Å². The van der Waals surface area contributed by atoms with Gasteiger partial charge in [0.25, 0.3) is 0 Å². The minimum atomic E-state index is -3.49. The lowest BCUT2D eigenvalue weighted by Gasteiger charge is -1.99. The molecule has 0 bridgehead atoms. The van der Waals surface area contributed by atoms with Gasteiger partial charge < -0.3 is 0 Å². The van der Waals surface area contributed by atoms with Crippen LogP contribution in [-0.4, -0.2) is 20.0 Å². The van der Waals surface area contributed by atoms with E-state index in [2.05, 4.69) is 0 Å². The first kappa shape index (κ1) is 13.5. The van der Waals surface area contributed by atoms with E-state index in [9.17, 15) is 13.2 Å². The van der Waals surface area contributed by atoms with Crippen LogP contribution >= 0.6 is 22.7 Å². The number of hydrogen-bond donors (Lipinski definition) is 0. The Balaban J connectivity index is 2.17. The highest BCUT2D eigenvalue weighted by Gasteiger charge is 2.22. The van der Waals surface area contributed by atoms with Crippen LogP contribution in [0.2, 0.25) is 0 Å². The van der Waals surface area contributed by atoms with E-state index in [1.807, 2.05) is 13.0 Å².